The summed E-state index contributed by atoms with van der Waals surface area (Å²) in [6.07, 6.45) is 6.25. The Kier molecular flexibility index (Phi) is 8.43. The molecule has 1 fully saturated rings. The Morgan fingerprint density at radius 1 is 1.11 bits per heavy atom. The van der Waals surface area contributed by atoms with Crippen molar-refractivity contribution in [3.05, 3.63) is 66.0 Å². The van der Waals surface area contributed by atoms with Gasteiger partial charge in [-0.15, -0.1) is 0 Å². The minimum Gasteiger partial charge on any atom is -0.493 e. The summed E-state index contributed by atoms with van der Waals surface area (Å²) < 4.78 is 18.8. The molecule has 1 aromatic carbocycles. The number of imidazole rings is 1. The van der Waals surface area contributed by atoms with E-state index in [0.29, 0.717) is 37.7 Å². The lowest BCUT2D eigenvalue weighted by molar-refractivity contribution is -0.128. The van der Waals surface area contributed by atoms with E-state index >= 15 is 0 Å². The summed E-state index contributed by atoms with van der Waals surface area (Å²) in [5, 5.41) is 3.12. The molecule has 4 rings (SSSR count). The van der Waals surface area contributed by atoms with Crippen LogP contribution in [0.4, 0.5) is 0 Å². The molecule has 0 spiro atoms. The number of aromatic nitrogens is 3. The molecule has 0 radical (unpaired) electrons. The molecule has 1 aliphatic heterocycles. The first kappa shape index (κ1) is 25.5. The van der Waals surface area contributed by atoms with Crippen LogP contribution in [0.2, 0.25) is 0 Å². The van der Waals surface area contributed by atoms with E-state index in [4.69, 9.17) is 14.2 Å². The van der Waals surface area contributed by atoms with Gasteiger partial charge in [-0.25, -0.2) is 4.98 Å². The number of carbonyl (C=O) groups excluding carboxylic acids is 1. The van der Waals surface area contributed by atoms with Crippen molar-refractivity contribution in [2.24, 2.45) is 18.9 Å². The average molecular weight is 494 g/mol. The second kappa shape index (κ2) is 11.9. The quantitative estimate of drug-likeness (QED) is 0.464. The number of carbonyl (C=O) groups is 1. The van der Waals surface area contributed by atoms with Crippen molar-refractivity contribution in [3.8, 4) is 17.2 Å². The van der Waals surface area contributed by atoms with E-state index < -0.39 is 0 Å². The number of benzene rings is 1. The maximum absolute atomic E-state index is 13.3. The van der Waals surface area contributed by atoms with E-state index in [-0.39, 0.29) is 17.7 Å². The first-order valence-corrected chi connectivity index (χ1v) is 12.2. The van der Waals surface area contributed by atoms with Crippen molar-refractivity contribution in [3.63, 3.8) is 0 Å². The number of nitrogens with zero attached hydrogens (tertiary/aromatic N) is 4. The van der Waals surface area contributed by atoms with Gasteiger partial charge in [-0.1, -0.05) is 6.07 Å². The van der Waals surface area contributed by atoms with Gasteiger partial charge >= 0.3 is 0 Å². The summed E-state index contributed by atoms with van der Waals surface area (Å²) in [6.45, 7) is 5.10. The van der Waals surface area contributed by atoms with Crippen LogP contribution in [0.5, 0.6) is 17.2 Å². The number of nitrogens with one attached hydrogen (secondary N) is 1. The molecule has 1 saturated heterocycles. The highest BCUT2D eigenvalue weighted by Gasteiger charge is 2.32. The molecule has 0 bridgehead atoms. The van der Waals surface area contributed by atoms with E-state index in [0.717, 1.165) is 35.8 Å². The number of likely N-dealkylation sites (tertiary alicyclic amines) is 1. The molecule has 192 valence electrons. The lowest BCUT2D eigenvalue weighted by Gasteiger charge is -2.36. The van der Waals surface area contributed by atoms with Gasteiger partial charge in [-0.05, 0) is 43.2 Å². The second-order valence-electron chi connectivity index (χ2n) is 9.30. The molecule has 2 aromatic heterocycles. The molecule has 1 aliphatic rings. The van der Waals surface area contributed by atoms with Gasteiger partial charge in [0, 0.05) is 50.7 Å². The number of hydrogen-bond donors (Lipinski definition) is 1. The Bertz CT molecular complexity index is 1150. The van der Waals surface area contributed by atoms with Gasteiger partial charge in [0.25, 0.3) is 0 Å². The third-order valence-corrected chi connectivity index (χ3v) is 6.55. The number of methoxy groups -OCH3 is 2. The molecule has 1 amide bonds. The Labute approximate surface area is 212 Å². The van der Waals surface area contributed by atoms with Gasteiger partial charge in [-0.3, -0.25) is 14.7 Å². The molecule has 0 aliphatic carbocycles. The normalized spacial score (nSPS) is 18.0. The summed E-state index contributed by atoms with van der Waals surface area (Å²) in [6, 6.07) is 9.54. The highest BCUT2D eigenvalue weighted by Crippen LogP contribution is 2.28. The summed E-state index contributed by atoms with van der Waals surface area (Å²) in [4.78, 5) is 24.3. The van der Waals surface area contributed by atoms with Crippen LogP contribution in [0.1, 0.15) is 23.5 Å². The van der Waals surface area contributed by atoms with Crippen LogP contribution in [0, 0.1) is 18.8 Å². The van der Waals surface area contributed by atoms with Gasteiger partial charge in [0.15, 0.2) is 11.5 Å². The van der Waals surface area contributed by atoms with Crippen LogP contribution in [0.3, 0.4) is 0 Å². The van der Waals surface area contributed by atoms with Crippen LogP contribution >= 0.6 is 0 Å². The van der Waals surface area contributed by atoms with Crippen LogP contribution in [0.25, 0.3) is 0 Å². The molecular weight excluding hydrogens is 458 g/mol. The van der Waals surface area contributed by atoms with Crippen LogP contribution in [0.15, 0.2) is 48.9 Å². The standard InChI is InChI=1S/C27H35N5O4/c1-19-5-7-23(14-29-19)36-18-21-11-22(16-32(15-21)17-26-28-9-10-31(26)2)27(33)30-13-20-6-8-24(34-3)25(12-20)35-4/h5-10,12,14,21-22H,11,13,15-18H2,1-4H3,(H,30,33)/t21-,22+/m0/s1. The molecule has 0 unspecified atom stereocenters. The fraction of sp³-hybridized carbons (Fsp3) is 0.444. The van der Waals surface area contributed by atoms with E-state index in [1.54, 1.807) is 26.6 Å². The van der Waals surface area contributed by atoms with Gasteiger partial charge in [0.05, 0.1) is 39.5 Å². The molecule has 36 heavy (non-hydrogen) atoms. The maximum atomic E-state index is 13.3. The summed E-state index contributed by atoms with van der Waals surface area (Å²) in [5.41, 5.74) is 1.90. The third-order valence-electron chi connectivity index (χ3n) is 6.55. The maximum Gasteiger partial charge on any atom is 0.224 e. The predicted octanol–water partition coefficient (Wildman–Crippen LogP) is 2.97. The second-order valence-corrected chi connectivity index (χ2v) is 9.30. The predicted molar refractivity (Wildman–Crippen MR) is 136 cm³/mol. The number of rotatable bonds is 10. The van der Waals surface area contributed by atoms with Gasteiger partial charge < -0.3 is 24.1 Å². The van der Waals surface area contributed by atoms with Crippen LogP contribution in [-0.2, 0) is 24.9 Å². The first-order valence-electron chi connectivity index (χ1n) is 12.2. The number of piperidine rings is 1. The number of pyridine rings is 1. The highest BCUT2D eigenvalue weighted by molar-refractivity contribution is 5.79. The number of ether oxygens (including phenoxy) is 3. The summed E-state index contributed by atoms with van der Waals surface area (Å²) >= 11 is 0. The molecule has 0 saturated carbocycles. The lowest BCUT2D eigenvalue weighted by Crippen LogP contribution is -2.47. The molecule has 3 heterocycles. The SMILES string of the molecule is COc1ccc(CNC(=O)[C@@H]2C[C@H](COc3ccc(C)nc3)CN(Cc3nccn3C)C2)cc1OC. The smallest absolute Gasteiger partial charge is 0.224 e. The lowest BCUT2D eigenvalue weighted by atomic mass is 9.88. The Morgan fingerprint density at radius 2 is 1.94 bits per heavy atom. The van der Waals surface area contributed by atoms with Crippen LogP contribution < -0.4 is 19.5 Å². The topological polar surface area (TPSA) is 90.7 Å². The van der Waals surface area contributed by atoms with Crippen LogP contribution in [-0.4, -0.2) is 59.3 Å². The zero-order chi connectivity index (χ0) is 25.5. The molecule has 3 aromatic rings. The largest absolute Gasteiger partial charge is 0.493 e. The number of aryl methyl sites for hydroxylation is 2. The monoisotopic (exact) mass is 493 g/mol. The third kappa shape index (κ3) is 6.54. The van der Waals surface area contributed by atoms with Crippen molar-refractivity contribution in [2.45, 2.75) is 26.4 Å². The Morgan fingerprint density at radius 3 is 2.64 bits per heavy atom. The van der Waals surface area contributed by atoms with Crippen molar-refractivity contribution in [1.29, 1.82) is 0 Å². The number of hydrogen-bond acceptors (Lipinski definition) is 7. The summed E-state index contributed by atoms with van der Waals surface area (Å²) in [7, 11) is 5.20. The molecule has 9 nitrogen and oxygen atoms in total. The zero-order valence-electron chi connectivity index (χ0n) is 21.4. The van der Waals surface area contributed by atoms with Gasteiger partial charge in [0.1, 0.15) is 11.6 Å². The fourth-order valence-electron chi connectivity index (χ4n) is 4.57. The van der Waals surface area contributed by atoms with E-state index in [9.17, 15) is 4.79 Å². The Hall–Kier alpha value is -3.59. The molecule has 2 atom stereocenters. The minimum absolute atomic E-state index is 0.0383. The number of amides is 1. The molecule has 1 N–H and O–H groups in total. The minimum atomic E-state index is -0.149. The highest BCUT2D eigenvalue weighted by atomic mass is 16.5. The average Bonchev–Trinajstić information content (AvgIpc) is 3.30. The van der Waals surface area contributed by atoms with Crippen molar-refractivity contribution < 1.29 is 19.0 Å². The molecular formula is C27H35N5O4. The van der Waals surface area contributed by atoms with Crippen molar-refractivity contribution in [2.75, 3.05) is 33.9 Å². The van der Waals surface area contributed by atoms with Crippen molar-refractivity contribution >= 4 is 5.91 Å². The van der Waals surface area contributed by atoms with Gasteiger partial charge in [-0.2, -0.15) is 0 Å². The van der Waals surface area contributed by atoms with E-state index in [1.807, 2.05) is 55.1 Å². The zero-order valence-corrected chi connectivity index (χ0v) is 21.4. The van der Waals surface area contributed by atoms with E-state index in [2.05, 4.69) is 20.2 Å². The van der Waals surface area contributed by atoms with E-state index in [1.165, 1.54) is 0 Å². The van der Waals surface area contributed by atoms with Gasteiger partial charge in [0.2, 0.25) is 5.91 Å². The van der Waals surface area contributed by atoms with Crippen molar-refractivity contribution in [1.82, 2.24) is 24.8 Å². The Balaban J connectivity index is 1.41. The molecule has 9 heteroatoms. The fourth-order valence-corrected chi connectivity index (χ4v) is 4.57. The summed E-state index contributed by atoms with van der Waals surface area (Å²) in [5.74, 6) is 3.12. The first-order chi connectivity index (χ1) is 17.4.